The van der Waals surface area contributed by atoms with Gasteiger partial charge >= 0.3 is 0 Å². The second-order valence-corrected chi connectivity index (χ2v) is 6.11. The minimum atomic E-state index is 0. The maximum atomic E-state index is 5.93. The van der Waals surface area contributed by atoms with Crippen molar-refractivity contribution in [3.05, 3.63) is 0 Å². The van der Waals surface area contributed by atoms with Crippen LogP contribution in [0.3, 0.4) is 0 Å². The van der Waals surface area contributed by atoms with Crippen LogP contribution in [0.2, 0.25) is 0 Å². The van der Waals surface area contributed by atoms with E-state index in [0.717, 1.165) is 11.8 Å². The van der Waals surface area contributed by atoms with E-state index < -0.39 is 0 Å². The molecule has 0 aromatic carbocycles. The van der Waals surface area contributed by atoms with Gasteiger partial charge in [0.05, 0.1) is 0 Å². The van der Waals surface area contributed by atoms with Gasteiger partial charge < -0.3 is 10.6 Å². The number of rotatable bonds is 3. The van der Waals surface area contributed by atoms with Crippen molar-refractivity contribution in [2.75, 3.05) is 19.6 Å². The van der Waals surface area contributed by atoms with E-state index in [1.165, 1.54) is 64.6 Å². The molecule has 17 heavy (non-hydrogen) atoms. The van der Waals surface area contributed by atoms with Gasteiger partial charge in [0.1, 0.15) is 0 Å². The van der Waals surface area contributed by atoms with Crippen LogP contribution in [0.25, 0.3) is 0 Å². The molecule has 2 rings (SSSR count). The van der Waals surface area contributed by atoms with Crippen molar-refractivity contribution in [1.29, 1.82) is 0 Å². The van der Waals surface area contributed by atoms with Gasteiger partial charge in [0.2, 0.25) is 0 Å². The Bertz CT molecular complexity index is 202. The van der Waals surface area contributed by atoms with Crippen molar-refractivity contribution < 1.29 is 0 Å². The number of hydrogen-bond acceptors (Lipinski definition) is 2. The molecule has 0 aromatic heterocycles. The Morgan fingerprint density at radius 3 is 2.47 bits per heavy atom. The molecule has 2 nitrogen and oxygen atoms in total. The highest BCUT2D eigenvalue weighted by atomic mass is 35.5. The first-order valence-electron chi connectivity index (χ1n) is 7.22. The van der Waals surface area contributed by atoms with Crippen molar-refractivity contribution in [2.45, 2.75) is 57.9 Å². The average molecular weight is 261 g/mol. The van der Waals surface area contributed by atoms with Gasteiger partial charge in [0.25, 0.3) is 0 Å². The topological polar surface area (TPSA) is 29.3 Å². The summed E-state index contributed by atoms with van der Waals surface area (Å²) in [6.07, 6.45) is 9.75. The standard InChI is InChI=1S/C14H28N2.ClH/c1-12-3-2-4-13(11-12)5-8-16-9-6-14(15)7-10-16;/h12-14H,2-11,15H2,1H3;1H. The summed E-state index contributed by atoms with van der Waals surface area (Å²) in [5, 5.41) is 0. The van der Waals surface area contributed by atoms with Gasteiger partial charge in [0.15, 0.2) is 0 Å². The lowest BCUT2D eigenvalue weighted by Crippen LogP contribution is -2.40. The van der Waals surface area contributed by atoms with Crippen LogP contribution in [0, 0.1) is 11.8 Å². The van der Waals surface area contributed by atoms with Crippen molar-refractivity contribution in [3.63, 3.8) is 0 Å². The summed E-state index contributed by atoms with van der Waals surface area (Å²) in [7, 11) is 0. The molecule has 0 bridgehead atoms. The van der Waals surface area contributed by atoms with Gasteiger partial charge in [-0.3, -0.25) is 0 Å². The van der Waals surface area contributed by atoms with Crippen LogP contribution in [-0.4, -0.2) is 30.6 Å². The van der Waals surface area contributed by atoms with Crippen LogP contribution in [0.15, 0.2) is 0 Å². The molecule has 0 aromatic rings. The third-order valence-electron chi connectivity index (χ3n) is 4.53. The van der Waals surface area contributed by atoms with E-state index in [2.05, 4.69) is 11.8 Å². The van der Waals surface area contributed by atoms with E-state index in [0.29, 0.717) is 6.04 Å². The smallest absolute Gasteiger partial charge is 0.00631 e. The summed E-state index contributed by atoms with van der Waals surface area (Å²) in [4.78, 5) is 2.63. The Balaban J connectivity index is 0.00000144. The molecule has 2 fully saturated rings. The van der Waals surface area contributed by atoms with Crippen LogP contribution in [0.5, 0.6) is 0 Å². The van der Waals surface area contributed by atoms with E-state index in [1.54, 1.807) is 0 Å². The molecule has 2 atom stereocenters. The summed E-state index contributed by atoms with van der Waals surface area (Å²) >= 11 is 0. The zero-order valence-corrected chi connectivity index (χ0v) is 12.1. The molecule has 0 amide bonds. The lowest BCUT2D eigenvalue weighted by atomic mass is 9.81. The number of likely N-dealkylation sites (tertiary alicyclic amines) is 1. The fraction of sp³-hybridized carbons (Fsp3) is 1.00. The zero-order valence-electron chi connectivity index (χ0n) is 11.2. The van der Waals surface area contributed by atoms with E-state index >= 15 is 0 Å². The van der Waals surface area contributed by atoms with Crippen LogP contribution in [-0.2, 0) is 0 Å². The quantitative estimate of drug-likeness (QED) is 0.845. The Hall–Kier alpha value is 0.210. The number of hydrogen-bond donors (Lipinski definition) is 1. The predicted octanol–water partition coefficient (Wildman–Crippen LogP) is 3.05. The summed E-state index contributed by atoms with van der Waals surface area (Å²) in [5.41, 5.74) is 5.93. The van der Waals surface area contributed by atoms with Crippen LogP contribution < -0.4 is 5.73 Å². The highest BCUT2D eigenvalue weighted by molar-refractivity contribution is 5.85. The lowest BCUT2D eigenvalue weighted by Gasteiger charge is -2.33. The highest BCUT2D eigenvalue weighted by Gasteiger charge is 2.21. The van der Waals surface area contributed by atoms with Gasteiger partial charge in [-0.15, -0.1) is 12.4 Å². The second-order valence-electron chi connectivity index (χ2n) is 6.11. The summed E-state index contributed by atoms with van der Waals surface area (Å²) in [5.74, 6) is 1.99. The monoisotopic (exact) mass is 260 g/mol. The molecule has 3 heteroatoms. The Kier molecular flexibility index (Phi) is 6.83. The van der Waals surface area contributed by atoms with Crippen molar-refractivity contribution in [2.24, 2.45) is 17.6 Å². The molecule has 1 saturated heterocycles. The minimum absolute atomic E-state index is 0. The minimum Gasteiger partial charge on any atom is -0.328 e. The SMILES string of the molecule is CC1CCCC(CCN2CCC(N)CC2)C1.Cl. The summed E-state index contributed by atoms with van der Waals surface area (Å²) in [6, 6.07) is 0.478. The molecule has 102 valence electrons. The van der Waals surface area contributed by atoms with Gasteiger partial charge in [-0.2, -0.15) is 0 Å². The van der Waals surface area contributed by atoms with Crippen LogP contribution >= 0.6 is 12.4 Å². The Labute approximate surface area is 113 Å². The Morgan fingerprint density at radius 1 is 1.12 bits per heavy atom. The molecule has 2 N–H and O–H groups in total. The largest absolute Gasteiger partial charge is 0.328 e. The summed E-state index contributed by atoms with van der Waals surface area (Å²) < 4.78 is 0. The first kappa shape index (κ1) is 15.3. The molecular weight excluding hydrogens is 232 g/mol. The number of piperidine rings is 1. The average Bonchev–Trinajstić information content (AvgIpc) is 2.28. The Morgan fingerprint density at radius 2 is 1.82 bits per heavy atom. The van der Waals surface area contributed by atoms with E-state index in [-0.39, 0.29) is 12.4 Å². The highest BCUT2D eigenvalue weighted by Crippen LogP contribution is 2.30. The van der Waals surface area contributed by atoms with Gasteiger partial charge in [-0.1, -0.05) is 26.2 Å². The number of nitrogens with zero attached hydrogens (tertiary/aromatic N) is 1. The fourth-order valence-corrected chi connectivity index (χ4v) is 3.36. The van der Waals surface area contributed by atoms with Crippen molar-refractivity contribution in [3.8, 4) is 0 Å². The maximum absolute atomic E-state index is 5.93. The van der Waals surface area contributed by atoms with Gasteiger partial charge in [0, 0.05) is 6.04 Å². The van der Waals surface area contributed by atoms with Gasteiger partial charge in [-0.05, 0) is 57.2 Å². The van der Waals surface area contributed by atoms with Crippen molar-refractivity contribution in [1.82, 2.24) is 4.90 Å². The molecule has 0 spiro atoms. The molecule has 1 heterocycles. The molecular formula is C14H29ClN2. The van der Waals surface area contributed by atoms with Crippen molar-refractivity contribution >= 4 is 12.4 Å². The lowest BCUT2D eigenvalue weighted by molar-refractivity contribution is 0.180. The molecule has 2 aliphatic rings. The zero-order chi connectivity index (χ0) is 11.4. The molecule has 1 aliphatic carbocycles. The third-order valence-corrected chi connectivity index (χ3v) is 4.53. The first-order chi connectivity index (χ1) is 7.74. The predicted molar refractivity (Wildman–Crippen MR) is 76.6 cm³/mol. The van der Waals surface area contributed by atoms with Crippen LogP contribution in [0.4, 0.5) is 0 Å². The van der Waals surface area contributed by atoms with E-state index in [1.807, 2.05) is 0 Å². The van der Waals surface area contributed by atoms with Crippen LogP contribution in [0.1, 0.15) is 51.9 Å². The normalized spacial score (nSPS) is 32.1. The fourth-order valence-electron chi connectivity index (χ4n) is 3.36. The maximum Gasteiger partial charge on any atom is 0.00631 e. The first-order valence-corrected chi connectivity index (χ1v) is 7.22. The van der Waals surface area contributed by atoms with Gasteiger partial charge in [-0.25, -0.2) is 0 Å². The molecule has 1 saturated carbocycles. The number of halogens is 1. The molecule has 1 aliphatic heterocycles. The second kappa shape index (κ2) is 7.60. The molecule has 0 radical (unpaired) electrons. The van der Waals surface area contributed by atoms with E-state index in [9.17, 15) is 0 Å². The summed E-state index contributed by atoms with van der Waals surface area (Å²) in [6.45, 7) is 6.23. The number of nitrogens with two attached hydrogens (primary N) is 1. The van der Waals surface area contributed by atoms with E-state index in [4.69, 9.17) is 5.73 Å². The third kappa shape index (κ3) is 5.15. The molecule has 2 unspecified atom stereocenters.